The lowest BCUT2D eigenvalue weighted by atomic mass is 10.1. The Morgan fingerprint density at radius 3 is 2.48 bits per heavy atom. The van der Waals surface area contributed by atoms with Crippen molar-refractivity contribution in [3.05, 3.63) is 64.2 Å². The van der Waals surface area contributed by atoms with Gasteiger partial charge in [-0.15, -0.1) is 0 Å². The summed E-state index contributed by atoms with van der Waals surface area (Å²) in [6.45, 7) is 0.948. The van der Waals surface area contributed by atoms with Gasteiger partial charge in [-0.05, 0) is 29.3 Å². The quantitative estimate of drug-likeness (QED) is 0.892. The maximum absolute atomic E-state index is 12.2. The Balaban J connectivity index is 2.04. The molecule has 2 aromatic rings. The van der Waals surface area contributed by atoms with E-state index in [2.05, 4.69) is 5.32 Å². The minimum atomic E-state index is -0.202. The van der Waals surface area contributed by atoms with Gasteiger partial charge in [-0.3, -0.25) is 4.79 Å². The van der Waals surface area contributed by atoms with E-state index in [-0.39, 0.29) is 5.91 Å². The zero-order chi connectivity index (χ0) is 15.2. The molecule has 2 rings (SSSR count). The number of hydrogen-bond acceptors (Lipinski definition) is 3. The fourth-order valence-electron chi connectivity index (χ4n) is 1.92. The molecule has 4 nitrogen and oxygen atoms in total. The van der Waals surface area contributed by atoms with Gasteiger partial charge >= 0.3 is 0 Å². The summed E-state index contributed by atoms with van der Waals surface area (Å²) in [6, 6.07) is 12.7. The van der Waals surface area contributed by atoms with Gasteiger partial charge < -0.3 is 15.8 Å². The molecule has 0 saturated carbocycles. The average Bonchev–Trinajstić information content (AvgIpc) is 2.52. The Morgan fingerprint density at radius 1 is 1.19 bits per heavy atom. The molecular formula is C16H17ClN2O2. The number of methoxy groups -OCH3 is 1. The zero-order valence-corrected chi connectivity index (χ0v) is 12.5. The highest BCUT2D eigenvalue weighted by Gasteiger charge is 2.12. The number of ether oxygens (including phenoxy) is 1. The lowest BCUT2D eigenvalue weighted by Crippen LogP contribution is -2.23. The third-order valence-electron chi connectivity index (χ3n) is 3.12. The van der Waals surface area contributed by atoms with E-state index < -0.39 is 0 Å². The van der Waals surface area contributed by atoms with Crippen LogP contribution in [0.5, 0.6) is 5.75 Å². The molecule has 3 N–H and O–H groups in total. The van der Waals surface area contributed by atoms with Crippen LogP contribution in [0.25, 0.3) is 0 Å². The molecule has 0 saturated heterocycles. The summed E-state index contributed by atoms with van der Waals surface area (Å²) in [5.74, 6) is 0.255. The summed E-state index contributed by atoms with van der Waals surface area (Å²) in [5.41, 5.74) is 8.07. The van der Waals surface area contributed by atoms with Crippen LogP contribution < -0.4 is 15.8 Å². The van der Waals surface area contributed by atoms with Crippen molar-refractivity contribution < 1.29 is 9.53 Å². The first-order valence-electron chi connectivity index (χ1n) is 6.53. The van der Waals surface area contributed by atoms with E-state index in [1.54, 1.807) is 18.2 Å². The maximum atomic E-state index is 12.2. The Hall–Kier alpha value is -2.04. The van der Waals surface area contributed by atoms with Crippen LogP contribution in [0.1, 0.15) is 21.5 Å². The fraction of sp³-hybridized carbons (Fsp3) is 0.188. The molecule has 1 amide bonds. The van der Waals surface area contributed by atoms with E-state index in [0.29, 0.717) is 29.4 Å². The average molecular weight is 305 g/mol. The number of carbonyl (C=O) groups excluding carboxylic acids is 1. The molecule has 0 aliphatic heterocycles. The van der Waals surface area contributed by atoms with E-state index in [0.717, 1.165) is 11.1 Å². The summed E-state index contributed by atoms with van der Waals surface area (Å²) < 4.78 is 5.17. The van der Waals surface area contributed by atoms with Crippen molar-refractivity contribution >= 4 is 17.5 Å². The second-order valence-corrected chi connectivity index (χ2v) is 4.98. The molecule has 5 heteroatoms. The number of nitrogens with two attached hydrogens (primary N) is 1. The number of hydrogen-bond donors (Lipinski definition) is 2. The van der Waals surface area contributed by atoms with E-state index in [9.17, 15) is 4.79 Å². The van der Waals surface area contributed by atoms with Crippen molar-refractivity contribution in [3.63, 3.8) is 0 Å². The van der Waals surface area contributed by atoms with E-state index in [1.165, 1.54) is 7.11 Å². The molecule has 2 aromatic carbocycles. The predicted octanol–water partition coefficient (Wildman–Crippen LogP) is 2.74. The van der Waals surface area contributed by atoms with E-state index in [4.69, 9.17) is 22.1 Å². The third-order valence-corrected chi connectivity index (χ3v) is 3.36. The molecule has 0 atom stereocenters. The molecule has 110 valence electrons. The van der Waals surface area contributed by atoms with Crippen LogP contribution in [-0.4, -0.2) is 13.0 Å². The van der Waals surface area contributed by atoms with Gasteiger partial charge in [0.15, 0.2) is 0 Å². The summed E-state index contributed by atoms with van der Waals surface area (Å²) >= 11 is 5.88. The van der Waals surface area contributed by atoms with Crippen LogP contribution in [0.4, 0.5) is 0 Å². The topological polar surface area (TPSA) is 64.3 Å². The molecule has 0 radical (unpaired) electrons. The van der Waals surface area contributed by atoms with Crippen LogP contribution in [-0.2, 0) is 13.1 Å². The van der Waals surface area contributed by atoms with Crippen LogP contribution in [0.2, 0.25) is 5.02 Å². The number of carbonyl (C=O) groups is 1. The molecular weight excluding hydrogens is 288 g/mol. The minimum Gasteiger partial charge on any atom is -0.496 e. The highest BCUT2D eigenvalue weighted by Crippen LogP contribution is 2.23. The second-order valence-electron chi connectivity index (χ2n) is 4.55. The Kier molecular flexibility index (Phi) is 5.20. The predicted molar refractivity (Wildman–Crippen MR) is 83.5 cm³/mol. The Bertz CT molecular complexity index is 627. The summed E-state index contributed by atoms with van der Waals surface area (Å²) in [5, 5.41) is 3.38. The van der Waals surface area contributed by atoms with E-state index >= 15 is 0 Å². The number of nitrogens with one attached hydrogen (secondary N) is 1. The van der Waals surface area contributed by atoms with Gasteiger partial charge in [0.25, 0.3) is 5.91 Å². The van der Waals surface area contributed by atoms with Crippen molar-refractivity contribution in [1.82, 2.24) is 5.32 Å². The van der Waals surface area contributed by atoms with Crippen molar-refractivity contribution in [2.24, 2.45) is 5.73 Å². The number of rotatable bonds is 5. The largest absolute Gasteiger partial charge is 0.496 e. The molecule has 21 heavy (non-hydrogen) atoms. The zero-order valence-electron chi connectivity index (χ0n) is 11.7. The smallest absolute Gasteiger partial charge is 0.255 e. The normalized spacial score (nSPS) is 10.2. The van der Waals surface area contributed by atoms with Crippen molar-refractivity contribution in [2.45, 2.75) is 13.1 Å². The first-order chi connectivity index (χ1) is 10.1. The summed E-state index contributed by atoms with van der Waals surface area (Å²) in [6.07, 6.45) is 0. The van der Waals surface area contributed by atoms with Gasteiger partial charge in [0.05, 0.1) is 12.7 Å². The van der Waals surface area contributed by atoms with Crippen LogP contribution in [0.15, 0.2) is 42.5 Å². The van der Waals surface area contributed by atoms with Crippen LogP contribution >= 0.6 is 11.6 Å². The first-order valence-corrected chi connectivity index (χ1v) is 6.91. The van der Waals surface area contributed by atoms with Crippen molar-refractivity contribution in [1.29, 1.82) is 0 Å². The fourth-order valence-corrected chi connectivity index (χ4v) is 2.09. The van der Waals surface area contributed by atoms with Gasteiger partial charge in [0, 0.05) is 18.1 Å². The second kappa shape index (κ2) is 7.11. The maximum Gasteiger partial charge on any atom is 0.255 e. The molecule has 0 unspecified atom stereocenters. The number of benzene rings is 2. The molecule has 0 aliphatic carbocycles. The van der Waals surface area contributed by atoms with Gasteiger partial charge in [-0.25, -0.2) is 0 Å². The van der Waals surface area contributed by atoms with Crippen molar-refractivity contribution in [2.75, 3.05) is 7.11 Å². The Labute approximate surface area is 128 Å². The molecule has 0 heterocycles. The lowest BCUT2D eigenvalue weighted by Gasteiger charge is -2.10. The minimum absolute atomic E-state index is 0.202. The molecule has 0 bridgehead atoms. The van der Waals surface area contributed by atoms with E-state index in [1.807, 2.05) is 24.3 Å². The number of halogens is 1. The van der Waals surface area contributed by atoms with Gasteiger partial charge in [0.2, 0.25) is 0 Å². The molecule has 0 aromatic heterocycles. The van der Waals surface area contributed by atoms with Crippen LogP contribution in [0, 0.1) is 0 Å². The molecule has 0 spiro atoms. The SMILES string of the molecule is COc1cc(Cl)ccc1C(=O)NCc1ccc(CN)cc1. The highest BCUT2D eigenvalue weighted by atomic mass is 35.5. The Morgan fingerprint density at radius 2 is 1.86 bits per heavy atom. The summed E-state index contributed by atoms with van der Waals surface area (Å²) in [7, 11) is 1.51. The number of amides is 1. The summed E-state index contributed by atoms with van der Waals surface area (Å²) in [4.78, 5) is 12.2. The third kappa shape index (κ3) is 3.97. The molecule has 0 fully saturated rings. The lowest BCUT2D eigenvalue weighted by molar-refractivity contribution is 0.0948. The van der Waals surface area contributed by atoms with Crippen molar-refractivity contribution in [3.8, 4) is 5.75 Å². The van der Waals surface area contributed by atoms with Gasteiger partial charge in [-0.2, -0.15) is 0 Å². The first kappa shape index (κ1) is 15.4. The monoisotopic (exact) mass is 304 g/mol. The highest BCUT2D eigenvalue weighted by molar-refractivity contribution is 6.30. The van der Waals surface area contributed by atoms with Gasteiger partial charge in [0.1, 0.15) is 5.75 Å². The van der Waals surface area contributed by atoms with Gasteiger partial charge in [-0.1, -0.05) is 35.9 Å². The molecule has 0 aliphatic rings. The van der Waals surface area contributed by atoms with Crippen LogP contribution in [0.3, 0.4) is 0 Å². The standard InChI is InChI=1S/C16H17ClN2O2/c1-21-15-8-13(17)6-7-14(15)16(20)19-10-12-4-2-11(9-18)3-5-12/h2-8H,9-10,18H2,1H3,(H,19,20).